The van der Waals surface area contributed by atoms with Crippen molar-refractivity contribution in [2.75, 3.05) is 25.4 Å². The lowest BCUT2D eigenvalue weighted by Gasteiger charge is -2.32. The number of ether oxygens (including phenoxy) is 1. The molecule has 0 aliphatic carbocycles. The first-order valence-corrected chi connectivity index (χ1v) is 12.0. The number of carbonyl (C=O) groups is 1. The molecular formula is C29H27N5O2. The van der Waals surface area contributed by atoms with Gasteiger partial charge in [0, 0.05) is 12.1 Å². The average Bonchev–Trinajstić information content (AvgIpc) is 3.26. The van der Waals surface area contributed by atoms with Crippen molar-refractivity contribution in [3.05, 3.63) is 102 Å². The van der Waals surface area contributed by atoms with Crippen LogP contribution < -0.4 is 10.5 Å². The lowest BCUT2D eigenvalue weighted by atomic mass is 10.0. The number of piperidine rings is 1. The lowest BCUT2D eigenvalue weighted by Crippen LogP contribution is -2.40. The highest BCUT2D eigenvalue weighted by Crippen LogP contribution is 2.38. The summed E-state index contributed by atoms with van der Waals surface area (Å²) < 4.78 is 7.66. The topological polar surface area (TPSA) is 77.7 Å². The van der Waals surface area contributed by atoms with Gasteiger partial charge in [0.2, 0.25) is 0 Å². The van der Waals surface area contributed by atoms with Crippen LogP contribution in [0.4, 0.5) is 11.5 Å². The number of likely N-dealkylation sites (tertiary alicyclic amines) is 1. The summed E-state index contributed by atoms with van der Waals surface area (Å²) in [5.74, 6) is 1.93. The van der Waals surface area contributed by atoms with E-state index in [1.54, 1.807) is 4.68 Å². The first-order chi connectivity index (χ1) is 17.6. The molecule has 7 nitrogen and oxygen atoms in total. The molecule has 1 aliphatic rings. The first-order valence-electron chi connectivity index (χ1n) is 12.0. The van der Waals surface area contributed by atoms with Gasteiger partial charge >= 0.3 is 0 Å². The highest BCUT2D eigenvalue weighted by molar-refractivity contribution is 5.97. The minimum Gasteiger partial charge on any atom is -0.457 e. The highest BCUT2D eigenvalue weighted by Gasteiger charge is 2.28. The van der Waals surface area contributed by atoms with Crippen LogP contribution in [0.2, 0.25) is 0 Å². The minimum absolute atomic E-state index is 0.00254. The van der Waals surface area contributed by atoms with Gasteiger partial charge in [0.05, 0.1) is 19.2 Å². The second-order valence-corrected chi connectivity index (χ2v) is 8.90. The Morgan fingerprint density at radius 2 is 1.67 bits per heavy atom. The molecule has 1 unspecified atom stereocenters. The average molecular weight is 478 g/mol. The molecule has 7 heteroatoms. The molecule has 5 rings (SSSR count). The Balaban J connectivity index is 1.33. The molecule has 0 saturated carbocycles. The molecule has 2 N–H and O–H groups in total. The molecule has 1 fully saturated rings. The number of hydrogen-bond donors (Lipinski definition) is 1. The summed E-state index contributed by atoms with van der Waals surface area (Å²) in [6.07, 6.45) is 1.82. The molecule has 36 heavy (non-hydrogen) atoms. The fourth-order valence-corrected chi connectivity index (χ4v) is 4.62. The minimum atomic E-state index is -0.00254. The van der Waals surface area contributed by atoms with Gasteiger partial charge in [-0.05, 0) is 49.2 Å². The molecular weight excluding hydrogens is 450 g/mol. The zero-order valence-corrected chi connectivity index (χ0v) is 19.9. The van der Waals surface area contributed by atoms with E-state index in [-0.39, 0.29) is 11.8 Å². The number of carbonyl (C=O) groups excluding carboxylic acids is 1. The van der Waals surface area contributed by atoms with E-state index < -0.39 is 0 Å². The van der Waals surface area contributed by atoms with Crippen molar-refractivity contribution in [2.45, 2.75) is 18.9 Å². The van der Waals surface area contributed by atoms with E-state index in [1.165, 1.54) is 0 Å². The van der Waals surface area contributed by atoms with Crippen molar-refractivity contribution >= 4 is 17.3 Å². The number of Topliss-reactive ketones (excluding diaryl/α,β-unsaturated/α-hetero) is 1. The van der Waals surface area contributed by atoms with Crippen LogP contribution in [0.3, 0.4) is 0 Å². The smallest absolute Gasteiger partial charge is 0.254 e. The number of rotatable bonds is 7. The number of nitrogens with two attached hydrogens (primary N) is 1. The molecule has 0 spiro atoms. The number of anilines is 1. The third-order valence-electron chi connectivity index (χ3n) is 6.43. The number of nitrogens with zero attached hydrogens (tertiary/aromatic N) is 4. The van der Waals surface area contributed by atoms with E-state index in [1.807, 2.05) is 84.9 Å². The predicted octanol–water partition coefficient (Wildman–Crippen LogP) is 6.00. The molecule has 1 atom stereocenters. The Labute approximate surface area is 210 Å². The second kappa shape index (κ2) is 10.5. The van der Waals surface area contributed by atoms with Crippen LogP contribution in [-0.4, -0.2) is 40.1 Å². The largest absolute Gasteiger partial charge is 0.457 e. The van der Waals surface area contributed by atoms with Gasteiger partial charge in [-0.3, -0.25) is 14.4 Å². The molecule has 0 amide bonds. The van der Waals surface area contributed by atoms with Gasteiger partial charge in [-0.25, -0.2) is 4.85 Å². The number of para-hydroxylation sites is 1. The lowest BCUT2D eigenvalue weighted by molar-refractivity contribution is 0.0886. The summed E-state index contributed by atoms with van der Waals surface area (Å²) in [5.41, 5.74) is 8.86. The van der Waals surface area contributed by atoms with Crippen molar-refractivity contribution in [3.63, 3.8) is 0 Å². The molecule has 3 aromatic carbocycles. The van der Waals surface area contributed by atoms with Crippen LogP contribution in [0.25, 0.3) is 16.1 Å². The van der Waals surface area contributed by atoms with Crippen LogP contribution in [0.1, 0.15) is 29.2 Å². The number of aromatic nitrogens is 2. The van der Waals surface area contributed by atoms with E-state index in [0.29, 0.717) is 36.0 Å². The van der Waals surface area contributed by atoms with Crippen molar-refractivity contribution in [2.24, 2.45) is 0 Å². The zero-order chi connectivity index (χ0) is 24.9. The first kappa shape index (κ1) is 23.3. The summed E-state index contributed by atoms with van der Waals surface area (Å²) in [4.78, 5) is 18.6. The quantitative estimate of drug-likeness (QED) is 0.261. The van der Waals surface area contributed by atoms with Crippen molar-refractivity contribution in [1.29, 1.82) is 0 Å². The molecule has 1 aromatic heterocycles. The predicted molar refractivity (Wildman–Crippen MR) is 140 cm³/mol. The van der Waals surface area contributed by atoms with Crippen molar-refractivity contribution in [1.82, 2.24) is 14.7 Å². The normalized spacial score (nSPS) is 15.8. The van der Waals surface area contributed by atoms with Crippen molar-refractivity contribution in [3.8, 4) is 22.8 Å². The maximum Gasteiger partial charge on any atom is 0.254 e. The van der Waals surface area contributed by atoms with Gasteiger partial charge in [-0.1, -0.05) is 60.7 Å². The van der Waals surface area contributed by atoms with Gasteiger partial charge in [0.25, 0.3) is 5.69 Å². The second-order valence-electron chi connectivity index (χ2n) is 8.90. The Bertz CT molecular complexity index is 1380. The molecule has 1 saturated heterocycles. The van der Waals surface area contributed by atoms with Crippen LogP contribution in [-0.2, 0) is 0 Å². The maximum absolute atomic E-state index is 12.7. The number of benzene rings is 3. The maximum atomic E-state index is 12.7. The Morgan fingerprint density at radius 3 is 2.36 bits per heavy atom. The third-order valence-corrected chi connectivity index (χ3v) is 6.43. The number of hydrogen-bond acceptors (Lipinski definition) is 5. The molecule has 0 bridgehead atoms. The summed E-state index contributed by atoms with van der Waals surface area (Å²) in [7, 11) is 0. The van der Waals surface area contributed by atoms with Gasteiger partial charge in [0.15, 0.2) is 5.78 Å². The highest BCUT2D eigenvalue weighted by atomic mass is 16.5. The van der Waals surface area contributed by atoms with Crippen LogP contribution >= 0.6 is 0 Å². The van der Waals surface area contributed by atoms with E-state index in [4.69, 9.17) is 22.1 Å². The van der Waals surface area contributed by atoms with Gasteiger partial charge < -0.3 is 10.5 Å². The van der Waals surface area contributed by atoms with Gasteiger partial charge in [-0.2, -0.15) is 5.10 Å². The van der Waals surface area contributed by atoms with Crippen LogP contribution in [0.15, 0.2) is 84.9 Å². The van der Waals surface area contributed by atoms with Crippen molar-refractivity contribution < 1.29 is 9.53 Å². The Kier molecular flexibility index (Phi) is 6.78. The molecule has 4 aromatic rings. The van der Waals surface area contributed by atoms with E-state index >= 15 is 0 Å². The molecule has 0 radical (unpaired) electrons. The van der Waals surface area contributed by atoms with Crippen LogP contribution in [0, 0.1) is 6.57 Å². The number of ketones is 1. The van der Waals surface area contributed by atoms with Crippen LogP contribution in [0.5, 0.6) is 11.5 Å². The Morgan fingerprint density at radius 1 is 1.00 bits per heavy atom. The standard InChI is InChI=1S/C29H27N5O2/c1-31-28-27(22-14-16-25(17-15-22)36-24-12-6-3-7-13-24)32-34(29(28)30)23-11-8-18-33(19-23)20-26(35)21-9-4-2-5-10-21/h2-7,9-10,12-17,23H,8,11,18-20,30H2. The summed E-state index contributed by atoms with van der Waals surface area (Å²) >= 11 is 0. The monoisotopic (exact) mass is 477 g/mol. The number of nitrogen functional groups attached to an aromatic ring is 1. The van der Waals surface area contributed by atoms with Gasteiger partial charge in [-0.15, -0.1) is 0 Å². The molecule has 180 valence electrons. The SMILES string of the molecule is [C-]#[N+]c1c(-c2ccc(Oc3ccccc3)cc2)nn(C2CCCN(CC(=O)c3ccccc3)C2)c1N. The molecule has 1 aliphatic heterocycles. The van der Waals surface area contributed by atoms with Gasteiger partial charge in [0.1, 0.15) is 23.0 Å². The molecule has 2 heterocycles. The van der Waals surface area contributed by atoms with E-state index in [2.05, 4.69) is 9.74 Å². The zero-order valence-electron chi connectivity index (χ0n) is 19.9. The fraction of sp³-hybridized carbons (Fsp3) is 0.207. The summed E-state index contributed by atoms with van der Waals surface area (Å²) in [6, 6.07) is 26.4. The summed E-state index contributed by atoms with van der Waals surface area (Å²) in [5, 5.41) is 4.79. The fourth-order valence-electron chi connectivity index (χ4n) is 4.62. The van der Waals surface area contributed by atoms with E-state index in [0.717, 1.165) is 36.3 Å². The summed E-state index contributed by atoms with van der Waals surface area (Å²) in [6.45, 7) is 9.59. The third kappa shape index (κ3) is 4.99. The Hall–Kier alpha value is -4.41. The van der Waals surface area contributed by atoms with E-state index in [9.17, 15) is 4.79 Å².